The predicted octanol–water partition coefficient (Wildman–Crippen LogP) is 4.42. The maximum absolute atomic E-state index is 12.9. The van der Waals surface area contributed by atoms with E-state index in [1.807, 2.05) is 31.2 Å². The van der Waals surface area contributed by atoms with Gasteiger partial charge in [-0.2, -0.15) is 0 Å². The largest absolute Gasteiger partial charge is 0.349 e. The van der Waals surface area contributed by atoms with E-state index in [0.29, 0.717) is 25.9 Å². The van der Waals surface area contributed by atoms with E-state index in [1.165, 1.54) is 15.4 Å². The number of carbonyl (C=O) groups is 1. The van der Waals surface area contributed by atoms with Crippen molar-refractivity contribution >= 4 is 15.9 Å². The molecule has 0 radical (unpaired) electrons. The van der Waals surface area contributed by atoms with E-state index in [9.17, 15) is 13.2 Å². The Bertz CT molecular complexity index is 1010. The minimum atomic E-state index is -3.38. The minimum Gasteiger partial charge on any atom is -0.349 e. The molecule has 3 rings (SSSR count). The maximum atomic E-state index is 12.9. The lowest BCUT2D eigenvalue weighted by Gasteiger charge is -2.31. The van der Waals surface area contributed by atoms with Gasteiger partial charge in [0.2, 0.25) is 15.9 Å². The van der Waals surface area contributed by atoms with E-state index < -0.39 is 10.0 Å². The van der Waals surface area contributed by atoms with Gasteiger partial charge in [-0.25, -0.2) is 12.7 Å². The van der Waals surface area contributed by atoms with Crippen LogP contribution in [0.4, 0.5) is 0 Å². The SMILES string of the molecule is CC[C@H](NC(=O)C1CCN(S(=O)(=O)Cc2ccc(C)cc2)CC1)c1ccc(C)cc1C. The minimum absolute atomic E-state index is 0.00868. The van der Waals surface area contributed by atoms with Gasteiger partial charge < -0.3 is 5.32 Å². The quantitative estimate of drug-likeness (QED) is 0.690. The number of sulfonamides is 1. The van der Waals surface area contributed by atoms with Crippen LogP contribution in [0.2, 0.25) is 0 Å². The van der Waals surface area contributed by atoms with Crippen molar-refractivity contribution < 1.29 is 13.2 Å². The van der Waals surface area contributed by atoms with Crippen LogP contribution in [0.25, 0.3) is 0 Å². The van der Waals surface area contributed by atoms with Gasteiger partial charge in [-0.15, -0.1) is 0 Å². The Hall–Kier alpha value is -2.18. The fourth-order valence-corrected chi connectivity index (χ4v) is 5.85. The zero-order valence-corrected chi connectivity index (χ0v) is 19.8. The highest BCUT2D eigenvalue weighted by Gasteiger charge is 2.32. The summed E-state index contributed by atoms with van der Waals surface area (Å²) in [4.78, 5) is 12.9. The fraction of sp³-hybridized carbons (Fsp3) is 0.480. The van der Waals surface area contributed by atoms with Crippen molar-refractivity contribution in [3.05, 3.63) is 70.3 Å². The molecule has 1 N–H and O–H groups in total. The number of aryl methyl sites for hydroxylation is 3. The molecule has 1 heterocycles. The van der Waals surface area contributed by atoms with E-state index in [-0.39, 0.29) is 23.6 Å². The van der Waals surface area contributed by atoms with Crippen molar-refractivity contribution in [1.29, 1.82) is 0 Å². The molecule has 1 saturated heterocycles. The molecule has 0 unspecified atom stereocenters. The van der Waals surface area contributed by atoms with Crippen molar-refractivity contribution in [2.24, 2.45) is 5.92 Å². The molecule has 168 valence electrons. The normalized spacial score (nSPS) is 16.8. The van der Waals surface area contributed by atoms with Crippen molar-refractivity contribution in [2.75, 3.05) is 13.1 Å². The highest BCUT2D eigenvalue weighted by molar-refractivity contribution is 7.88. The van der Waals surface area contributed by atoms with E-state index in [0.717, 1.165) is 23.1 Å². The van der Waals surface area contributed by atoms with Gasteiger partial charge in [0.15, 0.2) is 0 Å². The third-order valence-corrected chi connectivity index (χ3v) is 8.06. The lowest BCUT2D eigenvalue weighted by atomic mass is 9.94. The monoisotopic (exact) mass is 442 g/mol. The lowest BCUT2D eigenvalue weighted by Crippen LogP contribution is -2.44. The van der Waals surface area contributed by atoms with Crippen molar-refractivity contribution in [2.45, 2.75) is 58.8 Å². The summed E-state index contributed by atoms with van der Waals surface area (Å²) in [6.07, 6.45) is 1.93. The Morgan fingerprint density at radius 1 is 1.03 bits per heavy atom. The first kappa shape index (κ1) is 23.5. The molecule has 0 aliphatic carbocycles. The number of carbonyl (C=O) groups excluding carboxylic acids is 1. The van der Waals surface area contributed by atoms with Crippen molar-refractivity contribution in [3.8, 4) is 0 Å². The highest BCUT2D eigenvalue weighted by atomic mass is 32.2. The molecule has 31 heavy (non-hydrogen) atoms. The third-order valence-electron chi connectivity index (χ3n) is 6.21. The summed E-state index contributed by atoms with van der Waals surface area (Å²) in [5.74, 6) is -0.109. The number of piperidine rings is 1. The number of amides is 1. The summed E-state index contributed by atoms with van der Waals surface area (Å²) < 4.78 is 27.2. The van der Waals surface area contributed by atoms with E-state index in [4.69, 9.17) is 0 Å². The zero-order chi connectivity index (χ0) is 22.6. The lowest BCUT2D eigenvalue weighted by molar-refractivity contribution is -0.126. The Labute approximate surface area is 186 Å². The van der Waals surface area contributed by atoms with Gasteiger partial charge in [-0.1, -0.05) is 60.5 Å². The van der Waals surface area contributed by atoms with Gasteiger partial charge in [-0.05, 0) is 56.7 Å². The van der Waals surface area contributed by atoms with Crippen LogP contribution in [-0.2, 0) is 20.6 Å². The third kappa shape index (κ3) is 5.95. The molecule has 1 amide bonds. The zero-order valence-electron chi connectivity index (χ0n) is 19.0. The number of benzene rings is 2. The smallest absolute Gasteiger partial charge is 0.223 e. The summed E-state index contributed by atoms with van der Waals surface area (Å²) in [5.41, 5.74) is 5.45. The van der Waals surface area contributed by atoms with Crippen LogP contribution in [0.3, 0.4) is 0 Å². The van der Waals surface area contributed by atoms with Gasteiger partial charge in [0.05, 0.1) is 11.8 Å². The molecule has 1 fully saturated rings. The van der Waals surface area contributed by atoms with Crippen LogP contribution in [0, 0.1) is 26.7 Å². The maximum Gasteiger partial charge on any atom is 0.223 e. The average molecular weight is 443 g/mol. The topological polar surface area (TPSA) is 66.5 Å². The molecule has 0 saturated carbocycles. The number of rotatable bonds is 7. The van der Waals surface area contributed by atoms with Crippen molar-refractivity contribution in [1.82, 2.24) is 9.62 Å². The average Bonchev–Trinajstić information content (AvgIpc) is 2.74. The number of hydrogen-bond donors (Lipinski definition) is 1. The molecular formula is C25H34N2O3S. The summed E-state index contributed by atoms with van der Waals surface area (Å²) in [6.45, 7) is 8.99. The van der Waals surface area contributed by atoms with Crippen molar-refractivity contribution in [3.63, 3.8) is 0 Å². The van der Waals surface area contributed by atoms with Gasteiger partial charge in [0, 0.05) is 19.0 Å². The van der Waals surface area contributed by atoms with E-state index in [2.05, 4.69) is 44.3 Å². The van der Waals surface area contributed by atoms with Crippen LogP contribution in [-0.4, -0.2) is 31.7 Å². The fourth-order valence-electron chi connectivity index (χ4n) is 4.29. The van der Waals surface area contributed by atoms with Gasteiger partial charge in [0.1, 0.15) is 0 Å². The van der Waals surface area contributed by atoms with Crippen LogP contribution in [0.15, 0.2) is 42.5 Å². The molecule has 5 nitrogen and oxygen atoms in total. The molecule has 1 atom stereocenters. The highest BCUT2D eigenvalue weighted by Crippen LogP contribution is 2.25. The van der Waals surface area contributed by atoms with Crippen LogP contribution < -0.4 is 5.32 Å². The second-order valence-corrected chi connectivity index (χ2v) is 10.7. The molecule has 0 aromatic heterocycles. The molecule has 0 spiro atoms. The van der Waals surface area contributed by atoms with Crippen LogP contribution >= 0.6 is 0 Å². The first-order chi connectivity index (χ1) is 14.7. The number of nitrogens with one attached hydrogen (secondary N) is 1. The standard InChI is InChI=1S/C25H34N2O3S/c1-5-24(23-11-8-19(3)16-20(23)4)26-25(28)22-12-14-27(15-13-22)31(29,30)17-21-9-6-18(2)7-10-21/h6-11,16,22,24H,5,12-15,17H2,1-4H3,(H,26,28)/t24-/m0/s1. The van der Waals surface area contributed by atoms with Gasteiger partial charge >= 0.3 is 0 Å². The number of nitrogens with zero attached hydrogens (tertiary/aromatic N) is 1. The summed E-state index contributed by atoms with van der Waals surface area (Å²) in [7, 11) is -3.38. The second-order valence-electron chi connectivity index (χ2n) is 8.74. The van der Waals surface area contributed by atoms with Crippen LogP contribution in [0.5, 0.6) is 0 Å². The van der Waals surface area contributed by atoms with E-state index in [1.54, 1.807) is 0 Å². The molecule has 0 bridgehead atoms. The molecule has 2 aromatic carbocycles. The predicted molar refractivity (Wildman–Crippen MR) is 125 cm³/mol. The Morgan fingerprint density at radius 2 is 1.65 bits per heavy atom. The van der Waals surface area contributed by atoms with Gasteiger partial charge in [0.25, 0.3) is 0 Å². The Morgan fingerprint density at radius 3 is 2.23 bits per heavy atom. The number of hydrogen-bond acceptors (Lipinski definition) is 3. The Kier molecular flexibility index (Phi) is 7.55. The first-order valence-electron chi connectivity index (χ1n) is 11.1. The molecule has 1 aliphatic rings. The molecule has 6 heteroatoms. The van der Waals surface area contributed by atoms with E-state index >= 15 is 0 Å². The van der Waals surface area contributed by atoms with Gasteiger partial charge in [-0.3, -0.25) is 4.79 Å². The van der Waals surface area contributed by atoms with Crippen LogP contribution in [0.1, 0.15) is 60.0 Å². The Balaban J connectivity index is 1.58. The second kappa shape index (κ2) is 9.96. The summed E-state index contributed by atoms with van der Waals surface area (Å²) in [5, 5.41) is 3.20. The molecule has 2 aromatic rings. The summed E-state index contributed by atoms with van der Waals surface area (Å²) >= 11 is 0. The first-order valence-corrected chi connectivity index (χ1v) is 12.7. The molecular weight excluding hydrogens is 408 g/mol. The molecule has 1 aliphatic heterocycles. The summed E-state index contributed by atoms with van der Waals surface area (Å²) in [6, 6.07) is 13.9.